The summed E-state index contributed by atoms with van der Waals surface area (Å²) in [4.78, 5) is 66.2. The Morgan fingerprint density at radius 3 is 1.88 bits per heavy atom. The molecular formula is C41H62O10. The van der Waals surface area contributed by atoms with Crippen molar-refractivity contribution in [3.05, 3.63) is 0 Å². The molecule has 0 aromatic heterocycles. The molecule has 0 aromatic rings. The van der Waals surface area contributed by atoms with Crippen molar-refractivity contribution in [3.63, 3.8) is 0 Å². The number of rotatable bonds is 10. The van der Waals surface area contributed by atoms with Crippen LogP contribution in [-0.4, -0.2) is 58.4 Å². The maximum atomic E-state index is 13.6. The molecule has 0 amide bonds. The molecular weight excluding hydrogens is 652 g/mol. The van der Waals surface area contributed by atoms with Crippen LogP contribution < -0.4 is 0 Å². The number of fused-ring (bicyclic) bond motifs is 4. The number of hydrogen-bond donors (Lipinski definition) is 1. The molecule has 286 valence electrons. The fourth-order valence-corrected chi connectivity index (χ4v) is 12.0. The maximum absolute atomic E-state index is 13.6. The van der Waals surface area contributed by atoms with Gasteiger partial charge in [0.15, 0.2) is 0 Å². The Kier molecular flexibility index (Phi) is 10.8. The molecule has 0 radical (unpaired) electrons. The summed E-state index contributed by atoms with van der Waals surface area (Å²) in [5.41, 5.74) is -1.32. The standard InChI is InChI=1S/C41H62O10/c1-20-23-14-25(29(42)18-31(43)50-40(3,4)5)27(15-23)33(20)35-24-16-26(28(17-24)36(35)34-21(2)37(45)49-39(34)47)30(19-32(44)51-41(6,7)8)48-38(46)22-12-10-9-11-13-22/h20-30,33-36,42H,9-19H2,1-8H3. The first-order valence-electron chi connectivity index (χ1n) is 19.9. The zero-order valence-corrected chi connectivity index (χ0v) is 32.1. The second kappa shape index (κ2) is 14.4. The SMILES string of the molecule is CC1C(=O)OC(=O)C1C1C2CC(CC2C(CC(=O)OC(C)(C)C)OC(=O)C2CCCCC2)C1C1C(C)C2CC(C(O)CC(=O)OC(C)(C)C)C1C2. The number of aliphatic hydroxyl groups excluding tert-OH is 1. The van der Waals surface area contributed by atoms with Crippen LogP contribution in [0, 0.1) is 76.9 Å². The lowest BCUT2D eigenvalue weighted by Crippen LogP contribution is -2.48. The van der Waals surface area contributed by atoms with Gasteiger partial charge in [-0.1, -0.05) is 33.1 Å². The molecule has 6 rings (SSSR count). The Labute approximate surface area is 303 Å². The van der Waals surface area contributed by atoms with Crippen LogP contribution in [0.5, 0.6) is 0 Å². The van der Waals surface area contributed by atoms with Crippen molar-refractivity contribution >= 4 is 29.8 Å². The first-order chi connectivity index (χ1) is 23.8. The van der Waals surface area contributed by atoms with Gasteiger partial charge in [0.25, 0.3) is 0 Å². The summed E-state index contributed by atoms with van der Waals surface area (Å²) < 4.78 is 22.9. The van der Waals surface area contributed by atoms with E-state index in [-0.39, 0.29) is 72.1 Å². The highest BCUT2D eigenvalue weighted by Crippen LogP contribution is 2.69. The first kappa shape index (κ1) is 38.2. The van der Waals surface area contributed by atoms with E-state index in [1.54, 1.807) is 6.92 Å². The molecule has 0 spiro atoms. The second-order valence-corrected chi connectivity index (χ2v) is 19.2. The number of hydrogen-bond acceptors (Lipinski definition) is 10. The van der Waals surface area contributed by atoms with E-state index >= 15 is 0 Å². The van der Waals surface area contributed by atoms with Gasteiger partial charge in [-0.2, -0.15) is 0 Å². The van der Waals surface area contributed by atoms with Crippen LogP contribution >= 0.6 is 0 Å². The predicted octanol–water partition coefficient (Wildman–Crippen LogP) is 6.44. The van der Waals surface area contributed by atoms with E-state index in [1.807, 2.05) is 41.5 Å². The fraction of sp³-hybridized carbons (Fsp3) is 0.878. The zero-order chi connectivity index (χ0) is 37.2. The maximum Gasteiger partial charge on any atom is 0.317 e. The molecule has 51 heavy (non-hydrogen) atoms. The van der Waals surface area contributed by atoms with Gasteiger partial charge in [-0.05, 0) is 139 Å². The van der Waals surface area contributed by atoms with Gasteiger partial charge in [0.1, 0.15) is 17.3 Å². The van der Waals surface area contributed by atoms with Crippen LogP contribution in [-0.2, 0) is 42.9 Å². The smallest absolute Gasteiger partial charge is 0.317 e. The molecule has 6 aliphatic rings. The molecule has 4 bridgehead atoms. The number of cyclic esters (lactones) is 2. The minimum absolute atomic E-state index is 0.0473. The first-order valence-corrected chi connectivity index (χ1v) is 19.9. The van der Waals surface area contributed by atoms with Crippen molar-refractivity contribution in [2.75, 3.05) is 0 Å². The van der Waals surface area contributed by atoms with Crippen molar-refractivity contribution in [1.82, 2.24) is 0 Å². The molecule has 14 atom stereocenters. The van der Waals surface area contributed by atoms with Crippen molar-refractivity contribution in [3.8, 4) is 0 Å². The van der Waals surface area contributed by atoms with Crippen LogP contribution in [0.25, 0.3) is 0 Å². The third kappa shape index (κ3) is 7.91. The van der Waals surface area contributed by atoms with E-state index in [2.05, 4.69) is 6.92 Å². The van der Waals surface area contributed by atoms with Crippen LogP contribution in [0.15, 0.2) is 0 Å². The van der Waals surface area contributed by atoms with E-state index < -0.39 is 59.1 Å². The Hall–Kier alpha value is -2.49. The number of esters is 5. The lowest BCUT2D eigenvalue weighted by Gasteiger charge is -2.48. The van der Waals surface area contributed by atoms with Gasteiger partial charge < -0.3 is 24.1 Å². The van der Waals surface area contributed by atoms with Crippen LogP contribution in [0.4, 0.5) is 0 Å². The molecule has 1 heterocycles. The predicted molar refractivity (Wildman–Crippen MR) is 186 cm³/mol. The molecule has 1 N–H and O–H groups in total. The monoisotopic (exact) mass is 714 g/mol. The number of aliphatic hydroxyl groups is 1. The topological polar surface area (TPSA) is 142 Å². The van der Waals surface area contributed by atoms with Gasteiger partial charge in [0.2, 0.25) is 0 Å². The molecule has 1 aliphatic heterocycles. The lowest BCUT2D eigenvalue weighted by molar-refractivity contribution is -0.170. The highest BCUT2D eigenvalue weighted by molar-refractivity contribution is 5.96. The average molecular weight is 715 g/mol. The quantitative estimate of drug-likeness (QED) is 0.153. The summed E-state index contributed by atoms with van der Waals surface area (Å²) in [6.45, 7) is 15.0. The van der Waals surface area contributed by atoms with Crippen LogP contribution in [0.1, 0.15) is 126 Å². The molecule has 14 unspecified atom stereocenters. The molecule has 1 saturated heterocycles. The van der Waals surface area contributed by atoms with Crippen molar-refractivity contribution in [1.29, 1.82) is 0 Å². The molecule has 5 aliphatic carbocycles. The second-order valence-electron chi connectivity index (χ2n) is 19.2. The zero-order valence-electron chi connectivity index (χ0n) is 32.1. The van der Waals surface area contributed by atoms with Crippen molar-refractivity contribution in [2.45, 2.75) is 149 Å². The van der Waals surface area contributed by atoms with E-state index in [0.717, 1.165) is 57.8 Å². The normalized spacial score (nSPS) is 39.2. The van der Waals surface area contributed by atoms with E-state index in [4.69, 9.17) is 18.9 Å². The van der Waals surface area contributed by atoms with Crippen molar-refractivity contribution in [2.24, 2.45) is 76.9 Å². The summed E-state index contributed by atoms with van der Waals surface area (Å²) in [6, 6.07) is 0. The summed E-state index contributed by atoms with van der Waals surface area (Å²) in [5.74, 6) is -2.42. The van der Waals surface area contributed by atoms with Gasteiger partial charge >= 0.3 is 29.8 Å². The summed E-state index contributed by atoms with van der Waals surface area (Å²) in [6.07, 6.45) is 6.46. The Morgan fingerprint density at radius 2 is 1.31 bits per heavy atom. The minimum Gasteiger partial charge on any atom is -0.461 e. The lowest BCUT2D eigenvalue weighted by atomic mass is 9.56. The van der Waals surface area contributed by atoms with E-state index in [9.17, 15) is 29.1 Å². The highest BCUT2D eigenvalue weighted by atomic mass is 16.6. The average Bonchev–Trinajstić information content (AvgIpc) is 3.82. The van der Waals surface area contributed by atoms with E-state index in [1.165, 1.54) is 0 Å². The summed E-state index contributed by atoms with van der Waals surface area (Å²) in [7, 11) is 0. The number of carbonyl (C=O) groups is 5. The van der Waals surface area contributed by atoms with Crippen LogP contribution in [0.3, 0.4) is 0 Å². The summed E-state index contributed by atoms with van der Waals surface area (Å²) >= 11 is 0. The molecule has 10 nitrogen and oxygen atoms in total. The molecule has 10 heteroatoms. The Bertz CT molecular complexity index is 1350. The summed E-state index contributed by atoms with van der Waals surface area (Å²) in [5, 5.41) is 11.5. The largest absolute Gasteiger partial charge is 0.461 e. The molecule has 5 saturated carbocycles. The fourth-order valence-electron chi connectivity index (χ4n) is 12.0. The number of ether oxygens (including phenoxy) is 4. The van der Waals surface area contributed by atoms with Crippen molar-refractivity contribution < 1.29 is 48.0 Å². The molecule has 0 aromatic carbocycles. The molecule has 6 fully saturated rings. The third-order valence-electron chi connectivity index (χ3n) is 13.7. The number of carbonyl (C=O) groups excluding carboxylic acids is 5. The minimum atomic E-state index is -0.816. The van der Waals surface area contributed by atoms with Gasteiger partial charge in [0, 0.05) is 0 Å². The Morgan fingerprint density at radius 1 is 0.745 bits per heavy atom. The van der Waals surface area contributed by atoms with Gasteiger partial charge in [-0.15, -0.1) is 0 Å². The van der Waals surface area contributed by atoms with Gasteiger partial charge in [-0.3, -0.25) is 24.0 Å². The third-order valence-corrected chi connectivity index (χ3v) is 13.7. The highest BCUT2D eigenvalue weighted by Gasteiger charge is 2.67. The Balaban J connectivity index is 1.29. The van der Waals surface area contributed by atoms with E-state index in [0.29, 0.717) is 11.8 Å². The van der Waals surface area contributed by atoms with Gasteiger partial charge in [-0.25, -0.2) is 0 Å². The van der Waals surface area contributed by atoms with Gasteiger partial charge in [0.05, 0.1) is 36.7 Å². The van der Waals surface area contributed by atoms with Crippen LogP contribution in [0.2, 0.25) is 0 Å².